The van der Waals surface area contributed by atoms with E-state index in [1.807, 2.05) is 12.1 Å². The number of alkyl halides is 3. The van der Waals surface area contributed by atoms with Gasteiger partial charge in [-0.05, 0) is 47.7 Å². The predicted octanol–water partition coefficient (Wildman–Crippen LogP) is 5.90. The highest BCUT2D eigenvalue weighted by atomic mass is 19.4. The standard InChI is InChI=1S/C27H25F4N3O2/c1-25(2,22-10-20(28)8-17-5-6-36-24(17)22)14-26(35,27(29,30)31)11-21-9-18-7-16(3-4-23(18)34-21)19-12-32-15-33-13-19/h3-4,7-10,12-13,15,34-35H,5-6,11,14H2,1-2H3. The molecule has 5 rings (SSSR count). The maximum Gasteiger partial charge on any atom is 0.417 e. The lowest BCUT2D eigenvalue weighted by Crippen LogP contribution is -2.51. The maximum atomic E-state index is 14.3. The summed E-state index contributed by atoms with van der Waals surface area (Å²) in [5, 5.41) is 11.8. The van der Waals surface area contributed by atoms with Gasteiger partial charge in [0.15, 0.2) is 5.60 Å². The third kappa shape index (κ3) is 4.43. The van der Waals surface area contributed by atoms with Crippen molar-refractivity contribution in [1.82, 2.24) is 15.0 Å². The van der Waals surface area contributed by atoms with E-state index in [0.717, 1.165) is 11.1 Å². The molecule has 5 nitrogen and oxygen atoms in total. The molecule has 0 aliphatic carbocycles. The SMILES string of the molecule is CC(C)(CC(O)(Cc1cc2cc(-c3cncnc3)ccc2[nH]1)C(F)(F)F)c1cc(F)cc2c1OCC2. The van der Waals surface area contributed by atoms with Gasteiger partial charge in [0.25, 0.3) is 0 Å². The Morgan fingerprint density at radius 1 is 1.03 bits per heavy atom. The first-order chi connectivity index (χ1) is 17.0. The fraction of sp³-hybridized carbons (Fsp3) is 0.333. The quantitative estimate of drug-likeness (QED) is 0.324. The van der Waals surface area contributed by atoms with Crippen molar-refractivity contribution in [2.75, 3.05) is 6.61 Å². The van der Waals surface area contributed by atoms with E-state index in [1.54, 1.807) is 38.4 Å². The molecule has 2 aromatic heterocycles. The van der Waals surface area contributed by atoms with Crippen LogP contribution in [0.5, 0.6) is 5.75 Å². The van der Waals surface area contributed by atoms with Crippen LogP contribution >= 0.6 is 0 Å². The van der Waals surface area contributed by atoms with E-state index in [1.165, 1.54) is 18.5 Å². The smallest absolute Gasteiger partial charge is 0.417 e. The maximum absolute atomic E-state index is 14.3. The number of fused-ring (bicyclic) bond motifs is 2. The molecule has 0 amide bonds. The molecule has 1 aliphatic rings. The number of halogens is 4. The zero-order valence-corrected chi connectivity index (χ0v) is 19.8. The molecule has 9 heteroatoms. The van der Waals surface area contributed by atoms with Crippen molar-refractivity contribution < 1.29 is 27.4 Å². The molecule has 0 radical (unpaired) electrons. The Morgan fingerprint density at radius 3 is 2.50 bits per heavy atom. The molecule has 3 heterocycles. The summed E-state index contributed by atoms with van der Waals surface area (Å²) < 4.78 is 63.0. The molecule has 36 heavy (non-hydrogen) atoms. The van der Waals surface area contributed by atoms with Crippen molar-refractivity contribution in [3.63, 3.8) is 0 Å². The second kappa shape index (κ2) is 8.58. The number of rotatable bonds is 6. The fourth-order valence-electron chi connectivity index (χ4n) is 5.09. The average molecular weight is 500 g/mol. The van der Waals surface area contributed by atoms with Crippen LogP contribution in [0.15, 0.2) is 55.1 Å². The summed E-state index contributed by atoms with van der Waals surface area (Å²) in [6.07, 6.45) is -1.07. The zero-order valence-electron chi connectivity index (χ0n) is 19.8. The first kappa shape index (κ1) is 24.2. The van der Waals surface area contributed by atoms with Crippen molar-refractivity contribution in [3.05, 3.63) is 77.8 Å². The Bertz CT molecular complexity index is 1420. The van der Waals surface area contributed by atoms with E-state index < -0.39 is 35.9 Å². The molecule has 0 saturated carbocycles. The third-order valence-corrected chi connectivity index (χ3v) is 6.79. The molecule has 0 saturated heterocycles. The second-order valence-electron chi connectivity index (χ2n) is 10.0. The molecular weight excluding hydrogens is 474 g/mol. The van der Waals surface area contributed by atoms with E-state index in [-0.39, 0.29) is 5.69 Å². The lowest BCUT2D eigenvalue weighted by atomic mass is 9.72. The van der Waals surface area contributed by atoms with E-state index in [0.29, 0.717) is 40.8 Å². The lowest BCUT2D eigenvalue weighted by molar-refractivity contribution is -0.266. The van der Waals surface area contributed by atoms with Gasteiger partial charge < -0.3 is 14.8 Å². The molecule has 1 unspecified atom stereocenters. The van der Waals surface area contributed by atoms with Crippen molar-refractivity contribution in [1.29, 1.82) is 0 Å². The number of nitrogens with one attached hydrogen (secondary N) is 1. The minimum atomic E-state index is -4.93. The highest BCUT2D eigenvalue weighted by Gasteiger charge is 2.56. The number of hydrogen-bond donors (Lipinski definition) is 2. The van der Waals surface area contributed by atoms with Crippen LogP contribution in [0.3, 0.4) is 0 Å². The molecular formula is C27H25F4N3O2. The van der Waals surface area contributed by atoms with Gasteiger partial charge in [0.2, 0.25) is 0 Å². The summed E-state index contributed by atoms with van der Waals surface area (Å²) in [5.74, 6) is -0.123. The van der Waals surface area contributed by atoms with Crippen LogP contribution in [-0.2, 0) is 18.3 Å². The molecule has 4 aromatic rings. The van der Waals surface area contributed by atoms with Crippen LogP contribution in [0.1, 0.15) is 37.1 Å². The number of aromatic amines is 1. The largest absolute Gasteiger partial charge is 0.493 e. The van der Waals surface area contributed by atoms with Gasteiger partial charge in [-0.2, -0.15) is 13.2 Å². The fourth-order valence-corrected chi connectivity index (χ4v) is 5.09. The number of ether oxygens (including phenoxy) is 1. The van der Waals surface area contributed by atoms with Crippen molar-refractivity contribution in [2.24, 2.45) is 0 Å². The minimum absolute atomic E-state index is 0.239. The molecule has 1 aliphatic heterocycles. The van der Waals surface area contributed by atoms with Crippen LogP contribution in [0.4, 0.5) is 17.6 Å². The van der Waals surface area contributed by atoms with E-state index >= 15 is 0 Å². The van der Waals surface area contributed by atoms with Crippen molar-refractivity contribution in [2.45, 2.75) is 50.3 Å². The van der Waals surface area contributed by atoms with Gasteiger partial charge in [-0.15, -0.1) is 0 Å². The van der Waals surface area contributed by atoms with Crippen LogP contribution in [0, 0.1) is 5.82 Å². The molecule has 0 bridgehead atoms. The Balaban J connectivity index is 1.48. The highest BCUT2D eigenvalue weighted by Crippen LogP contribution is 2.47. The van der Waals surface area contributed by atoms with E-state index in [9.17, 15) is 22.7 Å². The number of aliphatic hydroxyl groups is 1. The van der Waals surface area contributed by atoms with Gasteiger partial charge in [-0.3, -0.25) is 0 Å². The monoisotopic (exact) mass is 499 g/mol. The first-order valence-corrected chi connectivity index (χ1v) is 11.6. The average Bonchev–Trinajstić information content (AvgIpc) is 3.43. The topological polar surface area (TPSA) is 71.0 Å². The molecule has 1 atom stereocenters. The summed E-state index contributed by atoms with van der Waals surface area (Å²) in [6, 6.07) is 9.58. The van der Waals surface area contributed by atoms with Crippen LogP contribution in [-0.4, -0.2) is 38.4 Å². The summed E-state index contributed by atoms with van der Waals surface area (Å²) in [6.45, 7) is 3.48. The van der Waals surface area contributed by atoms with Gasteiger partial charge in [-0.1, -0.05) is 19.9 Å². The van der Waals surface area contributed by atoms with Crippen molar-refractivity contribution >= 4 is 10.9 Å². The number of aromatic nitrogens is 3. The molecule has 0 fully saturated rings. The first-order valence-electron chi connectivity index (χ1n) is 11.6. The predicted molar refractivity (Wildman–Crippen MR) is 127 cm³/mol. The van der Waals surface area contributed by atoms with Crippen LogP contribution in [0.2, 0.25) is 0 Å². The van der Waals surface area contributed by atoms with E-state index in [2.05, 4.69) is 15.0 Å². The molecule has 2 aromatic carbocycles. The second-order valence-corrected chi connectivity index (χ2v) is 10.0. The Morgan fingerprint density at radius 2 is 1.78 bits per heavy atom. The van der Waals surface area contributed by atoms with Gasteiger partial charge in [0.05, 0.1) is 6.61 Å². The summed E-state index contributed by atoms with van der Waals surface area (Å²) in [7, 11) is 0. The number of nitrogens with zero attached hydrogens (tertiary/aromatic N) is 2. The van der Waals surface area contributed by atoms with Crippen LogP contribution < -0.4 is 4.74 Å². The van der Waals surface area contributed by atoms with Gasteiger partial charge in [0, 0.05) is 58.5 Å². The lowest BCUT2D eigenvalue weighted by Gasteiger charge is -2.38. The third-order valence-electron chi connectivity index (χ3n) is 6.79. The van der Waals surface area contributed by atoms with Crippen LogP contribution in [0.25, 0.3) is 22.0 Å². The van der Waals surface area contributed by atoms with Gasteiger partial charge >= 0.3 is 6.18 Å². The van der Waals surface area contributed by atoms with Gasteiger partial charge in [0.1, 0.15) is 17.9 Å². The summed E-state index contributed by atoms with van der Waals surface area (Å²) >= 11 is 0. The Labute approximate surface area is 205 Å². The Hall–Kier alpha value is -3.46. The summed E-state index contributed by atoms with van der Waals surface area (Å²) in [4.78, 5) is 11.0. The van der Waals surface area contributed by atoms with Gasteiger partial charge in [-0.25, -0.2) is 14.4 Å². The molecule has 188 valence electrons. The highest BCUT2D eigenvalue weighted by molar-refractivity contribution is 5.85. The van der Waals surface area contributed by atoms with Crippen molar-refractivity contribution in [3.8, 4) is 16.9 Å². The number of hydrogen-bond acceptors (Lipinski definition) is 4. The zero-order chi connectivity index (χ0) is 25.7. The molecule has 0 spiro atoms. The van der Waals surface area contributed by atoms with E-state index in [4.69, 9.17) is 4.74 Å². The summed E-state index contributed by atoms with van der Waals surface area (Å²) in [5.41, 5.74) is -0.860. The molecule has 2 N–H and O–H groups in total. The number of H-pyrrole nitrogens is 1. The number of benzene rings is 2. The Kier molecular flexibility index (Phi) is 5.78. The normalized spacial score (nSPS) is 15.5. The minimum Gasteiger partial charge on any atom is -0.493 e.